The van der Waals surface area contributed by atoms with Gasteiger partial charge >= 0.3 is 0 Å². The molecule has 0 unspecified atom stereocenters. The highest BCUT2D eigenvalue weighted by Gasteiger charge is 2.24. The molecule has 7 nitrogen and oxygen atoms in total. The molecule has 10 heteroatoms. The molecule has 1 N–H and O–H groups in total. The normalized spacial score (nSPS) is 17.4. The molecule has 0 aliphatic heterocycles. The quantitative estimate of drug-likeness (QED) is 0.273. The summed E-state index contributed by atoms with van der Waals surface area (Å²) < 4.78 is 41.6. The molecule has 1 saturated carbocycles. The number of nitrogens with one attached hydrogen (secondary N) is 1. The Balaban J connectivity index is 1.12. The van der Waals surface area contributed by atoms with Crippen molar-refractivity contribution in [2.45, 2.75) is 38.3 Å². The van der Waals surface area contributed by atoms with Gasteiger partial charge in [-0.1, -0.05) is 23.7 Å². The molecule has 0 bridgehead atoms. The van der Waals surface area contributed by atoms with E-state index in [0.717, 1.165) is 54.3 Å². The number of benzene rings is 2. The van der Waals surface area contributed by atoms with Crippen molar-refractivity contribution in [3.05, 3.63) is 82.8 Å². The van der Waals surface area contributed by atoms with E-state index in [9.17, 15) is 13.6 Å². The number of carbonyl (C=O) groups excluding carboxylic acids is 1. The van der Waals surface area contributed by atoms with Crippen LogP contribution in [0.4, 0.5) is 8.78 Å². The first kappa shape index (κ1) is 25.9. The molecule has 0 radical (unpaired) electrons. The molecule has 0 saturated heterocycles. The predicted molar refractivity (Wildman–Crippen MR) is 140 cm³/mol. The van der Waals surface area contributed by atoms with Crippen LogP contribution >= 0.6 is 11.6 Å². The van der Waals surface area contributed by atoms with Crippen molar-refractivity contribution in [2.24, 2.45) is 5.92 Å². The second-order valence-electron chi connectivity index (χ2n) is 9.47. The second kappa shape index (κ2) is 11.3. The average molecular weight is 541 g/mol. The van der Waals surface area contributed by atoms with Gasteiger partial charge in [0.05, 0.1) is 18.7 Å². The lowest BCUT2D eigenvalue weighted by Gasteiger charge is -2.28. The van der Waals surface area contributed by atoms with Crippen LogP contribution in [0.2, 0.25) is 5.15 Å². The first-order chi connectivity index (χ1) is 18.4. The predicted octanol–water partition coefficient (Wildman–Crippen LogP) is 6.11. The van der Waals surface area contributed by atoms with Crippen LogP contribution < -0.4 is 14.8 Å². The van der Waals surface area contributed by atoms with E-state index < -0.39 is 23.3 Å². The fourth-order valence-corrected chi connectivity index (χ4v) is 4.91. The molecule has 1 aliphatic rings. The molecule has 0 spiro atoms. The number of amides is 1. The Morgan fingerprint density at radius 2 is 1.82 bits per heavy atom. The molecule has 1 aliphatic carbocycles. The summed E-state index contributed by atoms with van der Waals surface area (Å²) in [6, 6.07) is 11.0. The van der Waals surface area contributed by atoms with Crippen molar-refractivity contribution in [1.82, 2.24) is 20.1 Å². The summed E-state index contributed by atoms with van der Waals surface area (Å²) in [5.41, 5.74) is 1.46. The number of fused-ring (bicyclic) bond motifs is 1. The third kappa shape index (κ3) is 5.88. The van der Waals surface area contributed by atoms with Gasteiger partial charge in [0.15, 0.2) is 17.4 Å². The summed E-state index contributed by atoms with van der Waals surface area (Å²) in [5.74, 6) is -1.93. The zero-order valence-electron chi connectivity index (χ0n) is 20.8. The van der Waals surface area contributed by atoms with Gasteiger partial charge in [-0.2, -0.15) is 5.10 Å². The molecule has 1 fully saturated rings. The van der Waals surface area contributed by atoms with E-state index in [4.69, 9.17) is 21.1 Å². The SMILES string of the molecule is COc1ccc(COc2c(F)cc(C(=O)NC[C@H]3CC[C@H](n4cc5cnc(Cl)cc5n4)CC3)cc2F)cc1. The number of hydrogen-bond acceptors (Lipinski definition) is 5. The lowest BCUT2D eigenvalue weighted by atomic mass is 9.86. The molecular weight excluding hydrogens is 514 g/mol. The van der Waals surface area contributed by atoms with Crippen LogP contribution in [0.1, 0.15) is 47.6 Å². The first-order valence-corrected chi connectivity index (χ1v) is 12.8. The highest BCUT2D eigenvalue weighted by atomic mass is 35.5. The molecule has 2 heterocycles. The zero-order chi connectivity index (χ0) is 26.6. The molecule has 1 amide bonds. The lowest BCUT2D eigenvalue weighted by molar-refractivity contribution is 0.0940. The van der Waals surface area contributed by atoms with Crippen LogP contribution in [0.15, 0.2) is 54.9 Å². The van der Waals surface area contributed by atoms with Gasteiger partial charge in [-0.3, -0.25) is 9.48 Å². The Kier molecular flexibility index (Phi) is 7.74. The lowest BCUT2D eigenvalue weighted by Crippen LogP contribution is -2.32. The topological polar surface area (TPSA) is 78.3 Å². The fraction of sp³-hybridized carbons (Fsp3) is 0.321. The molecular formula is C28H27ClF2N4O3. The van der Waals surface area contributed by atoms with Crippen molar-refractivity contribution >= 4 is 28.4 Å². The summed E-state index contributed by atoms with van der Waals surface area (Å²) in [6.45, 7) is 0.413. The maximum Gasteiger partial charge on any atom is 0.251 e. The first-order valence-electron chi connectivity index (χ1n) is 12.4. The number of nitrogens with zero attached hydrogens (tertiary/aromatic N) is 3. The van der Waals surface area contributed by atoms with Crippen molar-refractivity contribution < 1.29 is 23.0 Å². The summed E-state index contributed by atoms with van der Waals surface area (Å²) in [4.78, 5) is 16.7. The number of aromatic nitrogens is 3. The van der Waals surface area contributed by atoms with E-state index in [-0.39, 0.29) is 24.1 Å². The summed E-state index contributed by atoms with van der Waals surface area (Å²) in [5, 5.41) is 8.82. The number of pyridine rings is 1. The molecule has 2 aromatic carbocycles. The van der Waals surface area contributed by atoms with Crippen molar-refractivity contribution in [3.8, 4) is 11.5 Å². The minimum Gasteiger partial charge on any atom is -0.497 e. The maximum atomic E-state index is 14.6. The Labute approximate surface area is 223 Å². The number of rotatable bonds is 8. The fourth-order valence-electron chi connectivity index (χ4n) is 4.76. The number of halogens is 3. The van der Waals surface area contributed by atoms with Gasteiger partial charge in [0.2, 0.25) is 0 Å². The van der Waals surface area contributed by atoms with Crippen LogP contribution in [0.25, 0.3) is 10.9 Å². The second-order valence-corrected chi connectivity index (χ2v) is 9.85. The molecule has 38 heavy (non-hydrogen) atoms. The number of methoxy groups -OCH3 is 1. The Hall–Kier alpha value is -3.72. The Morgan fingerprint density at radius 1 is 1.11 bits per heavy atom. The largest absolute Gasteiger partial charge is 0.497 e. The molecule has 4 aromatic rings. The Morgan fingerprint density at radius 3 is 2.50 bits per heavy atom. The number of hydrogen-bond donors (Lipinski definition) is 1. The van der Waals surface area contributed by atoms with E-state index in [1.807, 2.05) is 10.9 Å². The van der Waals surface area contributed by atoms with E-state index in [1.54, 1.807) is 43.6 Å². The van der Waals surface area contributed by atoms with Gasteiger partial charge in [0, 0.05) is 36.0 Å². The highest BCUT2D eigenvalue weighted by Crippen LogP contribution is 2.33. The highest BCUT2D eigenvalue weighted by molar-refractivity contribution is 6.29. The number of carbonyl (C=O) groups is 1. The monoisotopic (exact) mass is 540 g/mol. The smallest absolute Gasteiger partial charge is 0.251 e. The van der Waals surface area contributed by atoms with E-state index in [0.29, 0.717) is 17.4 Å². The zero-order valence-corrected chi connectivity index (χ0v) is 21.5. The minimum atomic E-state index is -0.924. The van der Waals surface area contributed by atoms with Gasteiger partial charge in [-0.05, 0) is 61.4 Å². The molecule has 5 rings (SSSR count). The summed E-state index contributed by atoms with van der Waals surface area (Å²) >= 11 is 5.96. The van der Waals surface area contributed by atoms with Crippen LogP contribution in [-0.2, 0) is 6.61 Å². The van der Waals surface area contributed by atoms with Gasteiger partial charge in [-0.25, -0.2) is 13.8 Å². The van der Waals surface area contributed by atoms with Crippen molar-refractivity contribution in [1.29, 1.82) is 0 Å². The van der Waals surface area contributed by atoms with Gasteiger partial charge in [0.25, 0.3) is 5.91 Å². The maximum absolute atomic E-state index is 14.6. The minimum absolute atomic E-state index is 0.0226. The van der Waals surface area contributed by atoms with Crippen molar-refractivity contribution in [3.63, 3.8) is 0 Å². The number of ether oxygens (including phenoxy) is 2. The third-order valence-electron chi connectivity index (χ3n) is 6.92. The van der Waals surface area contributed by atoms with Crippen LogP contribution in [0, 0.1) is 17.6 Å². The van der Waals surface area contributed by atoms with E-state index in [1.165, 1.54) is 0 Å². The van der Waals surface area contributed by atoms with Gasteiger partial charge in [-0.15, -0.1) is 0 Å². The third-order valence-corrected chi connectivity index (χ3v) is 7.12. The van der Waals surface area contributed by atoms with Gasteiger partial charge < -0.3 is 14.8 Å². The molecule has 198 valence electrons. The van der Waals surface area contributed by atoms with Gasteiger partial charge in [0.1, 0.15) is 17.5 Å². The molecule has 2 aromatic heterocycles. The van der Waals surface area contributed by atoms with Crippen LogP contribution in [-0.4, -0.2) is 34.3 Å². The summed E-state index contributed by atoms with van der Waals surface area (Å²) in [7, 11) is 1.55. The standard InChI is InChI=1S/C28H27ClF2N4O3/c1-37-22-8-4-18(5-9-22)16-38-27-23(30)10-19(11-24(27)31)28(36)33-13-17-2-6-21(7-3-17)35-15-20-14-32-26(29)12-25(20)34-35/h4-5,8-12,14-15,17,21H,2-3,6-7,13,16H2,1H3,(H,33,36)/t17-,21-. The summed E-state index contributed by atoms with van der Waals surface area (Å²) in [6.07, 6.45) is 7.34. The van der Waals surface area contributed by atoms with Crippen molar-refractivity contribution in [2.75, 3.05) is 13.7 Å². The Bertz CT molecular complexity index is 1410. The van der Waals surface area contributed by atoms with E-state index >= 15 is 0 Å². The molecule has 0 atom stereocenters. The van der Waals surface area contributed by atoms with E-state index in [2.05, 4.69) is 15.4 Å². The van der Waals surface area contributed by atoms with Crippen LogP contribution in [0.5, 0.6) is 11.5 Å². The van der Waals surface area contributed by atoms with Crippen LogP contribution in [0.3, 0.4) is 0 Å². The average Bonchev–Trinajstić information content (AvgIpc) is 3.35.